The molecule has 0 bridgehead atoms. The lowest BCUT2D eigenvalue weighted by Crippen LogP contribution is -2.29. The van der Waals surface area contributed by atoms with Crippen LogP contribution in [-0.4, -0.2) is 20.7 Å². The fourth-order valence-electron chi connectivity index (χ4n) is 2.01. The Morgan fingerprint density at radius 2 is 2.18 bits per heavy atom. The standard InChI is InChI=1S/C11H18N4O2/c1-7(2)14-11(12-9-5-4-6-9)10(15(16)17)8(3)13-14/h7,9,12H,4-6H2,1-3H3. The highest BCUT2D eigenvalue weighted by atomic mass is 16.6. The molecule has 0 spiro atoms. The van der Waals surface area contributed by atoms with Crippen LogP contribution in [-0.2, 0) is 0 Å². The van der Waals surface area contributed by atoms with Crippen LogP contribution in [0, 0.1) is 17.0 Å². The number of aryl methyl sites for hydroxylation is 1. The van der Waals surface area contributed by atoms with Crippen LogP contribution in [0.2, 0.25) is 0 Å². The van der Waals surface area contributed by atoms with E-state index < -0.39 is 0 Å². The zero-order valence-electron chi connectivity index (χ0n) is 10.4. The van der Waals surface area contributed by atoms with Gasteiger partial charge in [-0.3, -0.25) is 10.1 Å². The van der Waals surface area contributed by atoms with Gasteiger partial charge in [-0.05, 0) is 40.0 Å². The first-order chi connectivity index (χ1) is 8.00. The Balaban J connectivity index is 2.38. The monoisotopic (exact) mass is 238 g/mol. The summed E-state index contributed by atoms with van der Waals surface area (Å²) >= 11 is 0. The summed E-state index contributed by atoms with van der Waals surface area (Å²) < 4.78 is 1.71. The van der Waals surface area contributed by atoms with E-state index in [2.05, 4.69) is 10.4 Å². The summed E-state index contributed by atoms with van der Waals surface area (Å²) in [6.45, 7) is 5.63. The Morgan fingerprint density at radius 3 is 2.59 bits per heavy atom. The second-order valence-electron chi connectivity index (χ2n) is 4.85. The lowest BCUT2D eigenvalue weighted by atomic mass is 9.93. The van der Waals surface area contributed by atoms with Crippen molar-refractivity contribution in [1.29, 1.82) is 0 Å². The van der Waals surface area contributed by atoms with E-state index in [1.54, 1.807) is 11.6 Å². The predicted octanol–water partition coefficient (Wildman–Crippen LogP) is 2.65. The van der Waals surface area contributed by atoms with Gasteiger partial charge in [0.25, 0.3) is 0 Å². The van der Waals surface area contributed by atoms with Gasteiger partial charge in [-0.1, -0.05) is 0 Å². The Morgan fingerprint density at radius 1 is 1.53 bits per heavy atom. The molecule has 1 aromatic rings. The molecule has 1 aliphatic rings. The largest absolute Gasteiger partial charge is 0.362 e. The van der Waals surface area contributed by atoms with Gasteiger partial charge < -0.3 is 5.32 Å². The van der Waals surface area contributed by atoms with E-state index in [1.807, 2.05) is 13.8 Å². The molecule has 1 aliphatic carbocycles. The van der Waals surface area contributed by atoms with Crippen LogP contribution in [0.25, 0.3) is 0 Å². The molecular formula is C11H18N4O2. The van der Waals surface area contributed by atoms with Crippen molar-refractivity contribution in [3.63, 3.8) is 0 Å². The van der Waals surface area contributed by atoms with Gasteiger partial charge in [0.1, 0.15) is 5.69 Å². The Hall–Kier alpha value is -1.59. The van der Waals surface area contributed by atoms with Gasteiger partial charge in [0, 0.05) is 12.1 Å². The first-order valence-corrected chi connectivity index (χ1v) is 6.00. The minimum Gasteiger partial charge on any atom is -0.362 e. The molecule has 0 amide bonds. The molecule has 1 fully saturated rings. The molecule has 1 heterocycles. The molecule has 2 rings (SSSR count). The minimum absolute atomic E-state index is 0.116. The zero-order valence-corrected chi connectivity index (χ0v) is 10.4. The van der Waals surface area contributed by atoms with Crippen LogP contribution >= 0.6 is 0 Å². The number of hydrogen-bond acceptors (Lipinski definition) is 4. The molecule has 6 heteroatoms. The molecule has 0 radical (unpaired) electrons. The predicted molar refractivity (Wildman–Crippen MR) is 65.3 cm³/mol. The lowest BCUT2D eigenvalue weighted by Gasteiger charge is -2.27. The number of aromatic nitrogens is 2. The van der Waals surface area contributed by atoms with E-state index in [1.165, 1.54) is 6.42 Å². The second-order valence-corrected chi connectivity index (χ2v) is 4.85. The van der Waals surface area contributed by atoms with Crippen molar-refractivity contribution in [3.8, 4) is 0 Å². The summed E-state index contributed by atoms with van der Waals surface area (Å²) in [6, 6.07) is 0.479. The first-order valence-electron chi connectivity index (χ1n) is 6.00. The van der Waals surface area contributed by atoms with Gasteiger partial charge in [-0.2, -0.15) is 5.10 Å². The van der Waals surface area contributed by atoms with Crippen LogP contribution in [0.15, 0.2) is 0 Å². The highest BCUT2D eigenvalue weighted by Gasteiger charge is 2.29. The van der Waals surface area contributed by atoms with Crippen LogP contribution in [0.1, 0.15) is 44.8 Å². The summed E-state index contributed by atoms with van der Waals surface area (Å²) in [7, 11) is 0. The summed E-state index contributed by atoms with van der Waals surface area (Å²) in [5, 5.41) is 18.6. The summed E-state index contributed by atoms with van der Waals surface area (Å²) in [5.74, 6) is 0.562. The van der Waals surface area contributed by atoms with Crippen molar-refractivity contribution in [1.82, 2.24) is 9.78 Å². The van der Waals surface area contributed by atoms with Gasteiger partial charge in [-0.15, -0.1) is 0 Å². The van der Waals surface area contributed by atoms with Gasteiger partial charge >= 0.3 is 5.69 Å². The van der Waals surface area contributed by atoms with Crippen LogP contribution in [0.5, 0.6) is 0 Å². The first kappa shape index (κ1) is 11.9. The molecule has 0 atom stereocenters. The molecule has 0 unspecified atom stereocenters. The molecule has 1 N–H and O–H groups in total. The number of nitro groups is 1. The quantitative estimate of drug-likeness (QED) is 0.646. The third-order valence-electron chi connectivity index (χ3n) is 3.17. The normalized spacial score (nSPS) is 16.0. The fraction of sp³-hybridized carbons (Fsp3) is 0.727. The maximum atomic E-state index is 11.1. The molecule has 6 nitrogen and oxygen atoms in total. The van der Waals surface area contributed by atoms with Crippen molar-refractivity contribution in [3.05, 3.63) is 15.8 Å². The van der Waals surface area contributed by atoms with Gasteiger partial charge in [0.15, 0.2) is 0 Å². The summed E-state index contributed by atoms with van der Waals surface area (Å²) in [6.07, 6.45) is 3.36. The zero-order chi connectivity index (χ0) is 12.6. The third kappa shape index (κ3) is 2.11. The molecule has 1 saturated carbocycles. The highest BCUT2D eigenvalue weighted by molar-refractivity contribution is 5.60. The molecule has 17 heavy (non-hydrogen) atoms. The summed E-state index contributed by atoms with van der Waals surface area (Å²) in [4.78, 5) is 10.7. The number of anilines is 1. The Kier molecular flexibility index (Phi) is 3.04. The smallest absolute Gasteiger partial charge is 0.333 e. The number of hydrogen-bond donors (Lipinski definition) is 1. The Bertz CT molecular complexity index is 435. The van der Waals surface area contributed by atoms with Crippen molar-refractivity contribution in [2.75, 3.05) is 5.32 Å². The highest BCUT2D eigenvalue weighted by Crippen LogP contribution is 2.33. The minimum atomic E-state index is -0.345. The van der Waals surface area contributed by atoms with Crippen molar-refractivity contribution >= 4 is 11.5 Å². The molecule has 0 aliphatic heterocycles. The van der Waals surface area contributed by atoms with Gasteiger partial charge in [0.2, 0.25) is 5.82 Å². The van der Waals surface area contributed by atoms with Crippen LogP contribution < -0.4 is 5.32 Å². The van der Waals surface area contributed by atoms with Crippen molar-refractivity contribution < 1.29 is 4.92 Å². The molecule has 1 aromatic heterocycles. The molecular weight excluding hydrogens is 220 g/mol. The molecule has 94 valence electrons. The average Bonchev–Trinajstić information content (AvgIpc) is 2.49. The number of nitrogens with one attached hydrogen (secondary N) is 1. The van der Waals surface area contributed by atoms with Crippen LogP contribution in [0.4, 0.5) is 11.5 Å². The van der Waals surface area contributed by atoms with E-state index in [0.717, 1.165) is 12.8 Å². The molecule has 0 saturated heterocycles. The van der Waals surface area contributed by atoms with E-state index in [0.29, 0.717) is 17.6 Å². The van der Waals surface area contributed by atoms with E-state index in [9.17, 15) is 10.1 Å². The van der Waals surface area contributed by atoms with Gasteiger partial charge in [0.05, 0.1) is 4.92 Å². The Labute approximate surface area is 100 Å². The van der Waals surface area contributed by atoms with Crippen molar-refractivity contribution in [2.24, 2.45) is 0 Å². The maximum absolute atomic E-state index is 11.1. The van der Waals surface area contributed by atoms with E-state index in [-0.39, 0.29) is 16.7 Å². The lowest BCUT2D eigenvalue weighted by molar-refractivity contribution is -0.384. The van der Waals surface area contributed by atoms with Gasteiger partial charge in [-0.25, -0.2) is 4.68 Å². The van der Waals surface area contributed by atoms with E-state index in [4.69, 9.17) is 0 Å². The topological polar surface area (TPSA) is 73.0 Å². The number of nitrogens with zero attached hydrogens (tertiary/aromatic N) is 3. The average molecular weight is 238 g/mol. The third-order valence-corrected chi connectivity index (χ3v) is 3.17. The molecule has 0 aromatic carbocycles. The summed E-state index contributed by atoms with van der Waals surface area (Å²) in [5.41, 5.74) is 0.594. The van der Waals surface area contributed by atoms with Crippen molar-refractivity contribution in [2.45, 2.75) is 52.1 Å². The van der Waals surface area contributed by atoms with E-state index >= 15 is 0 Å². The second kappa shape index (κ2) is 4.35. The fourth-order valence-corrected chi connectivity index (χ4v) is 2.01. The number of rotatable bonds is 4. The van der Waals surface area contributed by atoms with Crippen LogP contribution in [0.3, 0.4) is 0 Å². The maximum Gasteiger partial charge on any atom is 0.333 e. The SMILES string of the molecule is Cc1nn(C(C)C)c(NC2CCC2)c1[N+](=O)[O-].